The first kappa shape index (κ1) is 30.7. The number of nitrogens with one attached hydrogen (secondary N) is 3. The highest BCUT2D eigenvalue weighted by atomic mass is 19.1. The summed E-state index contributed by atoms with van der Waals surface area (Å²) < 4.78 is 27.8. The lowest BCUT2D eigenvalue weighted by Crippen LogP contribution is -2.53. The van der Waals surface area contributed by atoms with Crippen molar-refractivity contribution in [3.63, 3.8) is 0 Å². The highest BCUT2D eigenvalue weighted by Gasteiger charge is 2.35. The molecule has 4 N–H and O–H groups in total. The first-order valence-corrected chi connectivity index (χ1v) is 13.9. The van der Waals surface area contributed by atoms with Crippen molar-refractivity contribution in [3.8, 4) is 0 Å². The summed E-state index contributed by atoms with van der Waals surface area (Å²) in [6.07, 6.45) is 4.19. The smallest absolute Gasteiger partial charge is 0.222 e. The van der Waals surface area contributed by atoms with E-state index in [2.05, 4.69) is 61.0 Å². The van der Waals surface area contributed by atoms with Crippen LogP contribution in [0.25, 0.3) is 0 Å². The molecule has 0 bridgehead atoms. The quantitative estimate of drug-likeness (QED) is 0.333. The number of benzene rings is 2. The van der Waals surface area contributed by atoms with Gasteiger partial charge < -0.3 is 21.1 Å². The van der Waals surface area contributed by atoms with E-state index in [1.54, 1.807) is 0 Å². The Balaban J connectivity index is 1.80. The zero-order chi connectivity index (χ0) is 28.6. The van der Waals surface area contributed by atoms with Crippen molar-refractivity contribution in [2.24, 2.45) is 0 Å². The molecule has 6 nitrogen and oxygen atoms in total. The van der Waals surface area contributed by atoms with E-state index in [-0.39, 0.29) is 48.7 Å². The van der Waals surface area contributed by atoms with Crippen LogP contribution in [0.1, 0.15) is 82.9 Å². The number of carbonyl (C=O) groups is 2. The molecule has 1 aliphatic rings. The Hall–Kier alpha value is -2.84. The molecule has 2 aromatic rings. The Morgan fingerprint density at radius 2 is 1.69 bits per heavy atom. The van der Waals surface area contributed by atoms with E-state index < -0.39 is 23.8 Å². The molecule has 8 heteroatoms. The van der Waals surface area contributed by atoms with Crippen LogP contribution in [0, 0.1) is 11.6 Å². The molecule has 0 aliphatic heterocycles. The van der Waals surface area contributed by atoms with Crippen LogP contribution in [-0.4, -0.2) is 42.2 Å². The van der Waals surface area contributed by atoms with Gasteiger partial charge in [0.15, 0.2) is 0 Å². The van der Waals surface area contributed by atoms with E-state index in [1.807, 2.05) is 0 Å². The van der Waals surface area contributed by atoms with E-state index >= 15 is 0 Å². The zero-order valence-electron chi connectivity index (χ0n) is 23.6. The van der Waals surface area contributed by atoms with Gasteiger partial charge >= 0.3 is 0 Å². The SMILES string of the molecule is CC(=O)NCCC(=O)N[C@@H](Cc1cc(F)cc(F)c1)[C@H](O)CNC1(c2cccc(C(C)(C)C)c2)CCCCC1. The Morgan fingerprint density at radius 3 is 2.31 bits per heavy atom. The Kier molecular flexibility index (Phi) is 10.6. The third-order valence-corrected chi connectivity index (χ3v) is 7.55. The summed E-state index contributed by atoms with van der Waals surface area (Å²) >= 11 is 0. The lowest BCUT2D eigenvalue weighted by atomic mass is 9.74. The Labute approximate surface area is 231 Å². The maximum atomic E-state index is 13.9. The van der Waals surface area contributed by atoms with Crippen LogP contribution in [0.4, 0.5) is 8.78 Å². The van der Waals surface area contributed by atoms with Gasteiger partial charge in [-0.15, -0.1) is 0 Å². The van der Waals surface area contributed by atoms with Gasteiger partial charge in [0.25, 0.3) is 0 Å². The summed E-state index contributed by atoms with van der Waals surface area (Å²) in [6.45, 7) is 8.27. The summed E-state index contributed by atoms with van der Waals surface area (Å²) in [5.41, 5.74) is 2.45. The second-order valence-corrected chi connectivity index (χ2v) is 11.8. The van der Waals surface area contributed by atoms with Crippen molar-refractivity contribution in [3.05, 3.63) is 70.8 Å². The number of carbonyl (C=O) groups excluding carboxylic acids is 2. The number of hydrogen-bond donors (Lipinski definition) is 4. The number of hydrogen-bond acceptors (Lipinski definition) is 4. The van der Waals surface area contributed by atoms with Crippen molar-refractivity contribution in [1.82, 2.24) is 16.0 Å². The normalized spacial score (nSPS) is 16.8. The van der Waals surface area contributed by atoms with Gasteiger partial charge in [0, 0.05) is 38.0 Å². The predicted molar refractivity (Wildman–Crippen MR) is 149 cm³/mol. The highest BCUT2D eigenvalue weighted by Crippen LogP contribution is 2.38. The number of rotatable bonds is 11. The second kappa shape index (κ2) is 13.5. The molecule has 0 saturated heterocycles. The number of halogens is 2. The molecule has 1 aliphatic carbocycles. The van der Waals surface area contributed by atoms with Crippen LogP contribution in [-0.2, 0) is 27.0 Å². The lowest BCUT2D eigenvalue weighted by Gasteiger charge is -2.41. The minimum absolute atomic E-state index is 0.00175. The molecule has 0 aromatic heterocycles. The third-order valence-electron chi connectivity index (χ3n) is 7.55. The van der Waals surface area contributed by atoms with E-state index in [1.165, 1.54) is 30.2 Å². The molecule has 0 unspecified atom stereocenters. The average molecular weight is 544 g/mol. The van der Waals surface area contributed by atoms with Crippen molar-refractivity contribution in [2.45, 2.75) is 95.7 Å². The molecule has 2 aromatic carbocycles. The summed E-state index contributed by atoms with van der Waals surface area (Å²) in [5.74, 6) is -2.04. The molecule has 2 atom stereocenters. The highest BCUT2D eigenvalue weighted by molar-refractivity contribution is 5.78. The number of aliphatic hydroxyl groups excluding tert-OH is 1. The Bertz CT molecular complexity index is 1110. The topological polar surface area (TPSA) is 90.5 Å². The van der Waals surface area contributed by atoms with Gasteiger partial charge in [-0.25, -0.2) is 8.78 Å². The molecular formula is C31H43F2N3O3. The number of aliphatic hydroxyl groups is 1. The number of amides is 2. The molecule has 0 heterocycles. The van der Waals surface area contributed by atoms with Crippen LogP contribution >= 0.6 is 0 Å². The molecule has 2 amide bonds. The summed E-state index contributed by atoms with van der Waals surface area (Å²) in [6, 6.07) is 11.0. The van der Waals surface area contributed by atoms with Gasteiger partial charge in [0.1, 0.15) is 11.6 Å². The van der Waals surface area contributed by atoms with Gasteiger partial charge in [0.2, 0.25) is 11.8 Å². The minimum atomic E-state index is -1.02. The fourth-order valence-electron chi connectivity index (χ4n) is 5.35. The summed E-state index contributed by atoms with van der Waals surface area (Å²) in [5, 5.41) is 20.4. The van der Waals surface area contributed by atoms with Crippen LogP contribution in [0.5, 0.6) is 0 Å². The monoisotopic (exact) mass is 543 g/mol. The predicted octanol–water partition coefficient (Wildman–Crippen LogP) is 4.63. The largest absolute Gasteiger partial charge is 0.390 e. The molecule has 0 radical (unpaired) electrons. The van der Waals surface area contributed by atoms with E-state index in [0.717, 1.165) is 38.2 Å². The zero-order valence-corrected chi connectivity index (χ0v) is 23.6. The molecule has 39 heavy (non-hydrogen) atoms. The van der Waals surface area contributed by atoms with Crippen LogP contribution in [0.15, 0.2) is 42.5 Å². The van der Waals surface area contributed by atoms with Crippen molar-refractivity contribution in [2.75, 3.05) is 13.1 Å². The summed E-state index contributed by atoms with van der Waals surface area (Å²) in [4.78, 5) is 23.8. The fraction of sp³-hybridized carbons (Fsp3) is 0.548. The Morgan fingerprint density at radius 1 is 1.03 bits per heavy atom. The minimum Gasteiger partial charge on any atom is -0.390 e. The van der Waals surface area contributed by atoms with Crippen LogP contribution < -0.4 is 16.0 Å². The fourth-order valence-corrected chi connectivity index (χ4v) is 5.35. The van der Waals surface area contributed by atoms with E-state index in [4.69, 9.17) is 0 Å². The van der Waals surface area contributed by atoms with Gasteiger partial charge in [-0.2, -0.15) is 0 Å². The van der Waals surface area contributed by atoms with Gasteiger partial charge in [-0.05, 0) is 53.5 Å². The second-order valence-electron chi connectivity index (χ2n) is 11.8. The van der Waals surface area contributed by atoms with Crippen molar-refractivity contribution < 1.29 is 23.5 Å². The summed E-state index contributed by atoms with van der Waals surface area (Å²) in [7, 11) is 0. The van der Waals surface area contributed by atoms with E-state index in [9.17, 15) is 23.5 Å². The van der Waals surface area contributed by atoms with Crippen molar-refractivity contribution in [1.29, 1.82) is 0 Å². The van der Waals surface area contributed by atoms with Crippen molar-refractivity contribution >= 4 is 11.8 Å². The first-order valence-electron chi connectivity index (χ1n) is 13.9. The molecule has 0 spiro atoms. The van der Waals surface area contributed by atoms with Gasteiger partial charge in [-0.1, -0.05) is 64.3 Å². The maximum Gasteiger partial charge on any atom is 0.222 e. The molecule has 214 valence electrons. The molecular weight excluding hydrogens is 500 g/mol. The average Bonchev–Trinajstić information content (AvgIpc) is 2.86. The van der Waals surface area contributed by atoms with E-state index in [0.29, 0.717) is 5.56 Å². The molecule has 1 saturated carbocycles. The van der Waals surface area contributed by atoms with Crippen LogP contribution in [0.2, 0.25) is 0 Å². The lowest BCUT2D eigenvalue weighted by molar-refractivity contribution is -0.123. The molecule has 3 rings (SSSR count). The van der Waals surface area contributed by atoms with Crippen LogP contribution in [0.3, 0.4) is 0 Å². The van der Waals surface area contributed by atoms with Gasteiger partial charge in [0.05, 0.1) is 12.1 Å². The molecule has 1 fully saturated rings. The first-order chi connectivity index (χ1) is 18.4. The van der Waals surface area contributed by atoms with Gasteiger partial charge in [-0.3, -0.25) is 9.59 Å². The maximum absolute atomic E-state index is 13.9. The third kappa shape index (κ3) is 9.11. The standard InChI is InChI=1S/C31H43F2N3O3/c1-21(37)34-14-11-29(39)36-27(17-22-15-25(32)19-26(33)16-22)28(38)20-35-31(12-6-5-7-13-31)24-10-8-9-23(18-24)30(2,3)4/h8-10,15-16,18-19,27-28,35,38H,5-7,11-14,17,20H2,1-4H3,(H,34,37)(H,36,39)/t27-,28+/m0/s1.